The summed E-state index contributed by atoms with van der Waals surface area (Å²) in [6.45, 7) is 0. The van der Waals surface area contributed by atoms with Gasteiger partial charge in [0, 0.05) is 11.6 Å². The van der Waals surface area contributed by atoms with Crippen molar-refractivity contribution in [3.8, 4) is 5.88 Å². The first-order valence-corrected chi connectivity index (χ1v) is 6.07. The zero-order valence-corrected chi connectivity index (χ0v) is 11.3. The van der Waals surface area contributed by atoms with E-state index in [2.05, 4.69) is 26.2 Å². The minimum absolute atomic E-state index is 0.178. The Labute approximate surface area is 113 Å². The van der Waals surface area contributed by atoms with E-state index in [1.807, 2.05) is 18.2 Å². The van der Waals surface area contributed by atoms with Gasteiger partial charge in [-0.05, 0) is 34.1 Å². The summed E-state index contributed by atoms with van der Waals surface area (Å²) in [5.74, 6) is 0.308. The SMILES string of the molecule is COc1ccc(NC(=O)c2ccccc2)c(Br)n1. The zero-order valence-electron chi connectivity index (χ0n) is 9.68. The van der Waals surface area contributed by atoms with Gasteiger partial charge in [-0.15, -0.1) is 0 Å². The molecule has 0 aliphatic carbocycles. The third-order valence-corrected chi connectivity index (χ3v) is 2.92. The number of benzene rings is 1. The Morgan fingerprint density at radius 3 is 2.56 bits per heavy atom. The second kappa shape index (κ2) is 5.64. The molecule has 2 aromatic rings. The number of hydrogen-bond donors (Lipinski definition) is 1. The van der Waals surface area contributed by atoms with E-state index < -0.39 is 0 Å². The first-order chi connectivity index (χ1) is 8.70. The number of ether oxygens (including phenoxy) is 1. The molecule has 0 aliphatic heterocycles. The van der Waals surface area contributed by atoms with Crippen molar-refractivity contribution >= 4 is 27.5 Å². The molecular weight excluding hydrogens is 296 g/mol. The van der Waals surface area contributed by atoms with Crippen molar-refractivity contribution in [1.29, 1.82) is 0 Å². The number of halogens is 1. The number of carbonyl (C=O) groups is 1. The highest BCUT2D eigenvalue weighted by Crippen LogP contribution is 2.23. The summed E-state index contributed by atoms with van der Waals surface area (Å²) in [4.78, 5) is 16.0. The number of carbonyl (C=O) groups excluding carboxylic acids is 1. The molecule has 1 aromatic carbocycles. The van der Waals surface area contributed by atoms with Gasteiger partial charge in [0.05, 0.1) is 12.8 Å². The van der Waals surface area contributed by atoms with Gasteiger partial charge in [-0.2, -0.15) is 0 Å². The fourth-order valence-electron chi connectivity index (χ4n) is 1.41. The fraction of sp³-hybridized carbons (Fsp3) is 0.0769. The molecule has 2 rings (SSSR count). The highest BCUT2D eigenvalue weighted by molar-refractivity contribution is 9.10. The zero-order chi connectivity index (χ0) is 13.0. The Kier molecular flexibility index (Phi) is 3.94. The molecule has 1 N–H and O–H groups in total. The van der Waals surface area contributed by atoms with Crippen LogP contribution in [0.4, 0.5) is 5.69 Å². The highest BCUT2D eigenvalue weighted by atomic mass is 79.9. The summed E-state index contributed by atoms with van der Waals surface area (Å²) in [5.41, 5.74) is 1.20. The molecular formula is C13H11BrN2O2. The maximum absolute atomic E-state index is 11.9. The van der Waals surface area contributed by atoms with Gasteiger partial charge < -0.3 is 10.1 Å². The van der Waals surface area contributed by atoms with Gasteiger partial charge in [0.1, 0.15) is 4.60 Å². The lowest BCUT2D eigenvalue weighted by molar-refractivity contribution is 0.102. The Bertz CT molecular complexity index is 558. The molecule has 0 fully saturated rings. The van der Waals surface area contributed by atoms with E-state index >= 15 is 0 Å². The quantitative estimate of drug-likeness (QED) is 0.887. The minimum Gasteiger partial charge on any atom is -0.481 e. The summed E-state index contributed by atoms with van der Waals surface area (Å²) in [6, 6.07) is 12.4. The number of methoxy groups -OCH3 is 1. The Morgan fingerprint density at radius 1 is 1.22 bits per heavy atom. The molecule has 4 nitrogen and oxygen atoms in total. The highest BCUT2D eigenvalue weighted by Gasteiger charge is 2.09. The van der Waals surface area contributed by atoms with E-state index in [4.69, 9.17) is 4.74 Å². The van der Waals surface area contributed by atoms with Crippen LogP contribution in [-0.2, 0) is 0 Å². The van der Waals surface area contributed by atoms with Crippen molar-refractivity contribution in [2.24, 2.45) is 0 Å². The van der Waals surface area contributed by atoms with Gasteiger partial charge >= 0.3 is 0 Å². The molecule has 18 heavy (non-hydrogen) atoms. The molecule has 0 aliphatic rings. The summed E-state index contributed by atoms with van der Waals surface area (Å²) in [6.07, 6.45) is 0. The molecule has 0 unspecified atom stereocenters. The molecule has 0 saturated carbocycles. The van der Waals surface area contributed by atoms with Crippen LogP contribution in [0.15, 0.2) is 47.1 Å². The second-order valence-corrected chi connectivity index (χ2v) is 4.26. The van der Waals surface area contributed by atoms with Gasteiger partial charge in [-0.25, -0.2) is 4.98 Å². The molecule has 0 spiro atoms. The van der Waals surface area contributed by atoms with Crippen LogP contribution in [-0.4, -0.2) is 18.0 Å². The summed E-state index contributed by atoms with van der Waals surface area (Å²) in [5, 5.41) is 2.77. The van der Waals surface area contributed by atoms with Crippen LogP contribution < -0.4 is 10.1 Å². The number of amides is 1. The number of aromatic nitrogens is 1. The molecule has 1 heterocycles. The van der Waals surface area contributed by atoms with Crippen molar-refractivity contribution < 1.29 is 9.53 Å². The number of rotatable bonds is 3. The second-order valence-electron chi connectivity index (χ2n) is 3.51. The van der Waals surface area contributed by atoms with Crippen LogP contribution in [0, 0.1) is 0 Å². The smallest absolute Gasteiger partial charge is 0.255 e. The summed E-state index contributed by atoms with van der Waals surface area (Å²) < 4.78 is 5.52. The molecule has 92 valence electrons. The van der Waals surface area contributed by atoms with Gasteiger partial charge in [-0.3, -0.25) is 4.79 Å². The lowest BCUT2D eigenvalue weighted by atomic mass is 10.2. The van der Waals surface area contributed by atoms with Crippen molar-refractivity contribution in [2.45, 2.75) is 0 Å². The van der Waals surface area contributed by atoms with E-state index in [1.54, 1.807) is 24.3 Å². The Balaban J connectivity index is 2.17. The van der Waals surface area contributed by atoms with Gasteiger partial charge in [0.2, 0.25) is 5.88 Å². The predicted octanol–water partition coefficient (Wildman–Crippen LogP) is 3.11. The number of hydrogen-bond acceptors (Lipinski definition) is 3. The van der Waals surface area contributed by atoms with E-state index in [0.29, 0.717) is 21.7 Å². The number of nitrogens with zero attached hydrogens (tertiary/aromatic N) is 1. The van der Waals surface area contributed by atoms with Crippen molar-refractivity contribution in [1.82, 2.24) is 4.98 Å². The number of pyridine rings is 1. The van der Waals surface area contributed by atoms with Crippen molar-refractivity contribution in [3.63, 3.8) is 0 Å². The topological polar surface area (TPSA) is 51.2 Å². The van der Waals surface area contributed by atoms with Crippen LogP contribution >= 0.6 is 15.9 Å². The first-order valence-electron chi connectivity index (χ1n) is 5.27. The molecule has 1 amide bonds. The van der Waals surface area contributed by atoms with E-state index in [0.717, 1.165) is 0 Å². The maximum atomic E-state index is 11.9. The third kappa shape index (κ3) is 2.87. The van der Waals surface area contributed by atoms with Crippen molar-refractivity contribution in [3.05, 3.63) is 52.6 Å². The van der Waals surface area contributed by atoms with Crippen LogP contribution in [0.2, 0.25) is 0 Å². The van der Waals surface area contributed by atoms with E-state index in [1.165, 1.54) is 7.11 Å². The normalized spacial score (nSPS) is 9.89. The molecule has 0 radical (unpaired) electrons. The van der Waals surface area contributed by atoms with Crippen LogP contribution in [0.25, 0.3) is 0 Å². The number of anilines is 1. The lowest BCUT2D eigenvalue weighted by Gasteiger charge is -2.07. The maximum Gasteiger partial charge on any atom is 0.255 e. The first kappa shape index (κ1) is 12.6. The van der Waals surface area contributed by atoms with Crippen LogP contribution in [0.1, 0.15) is 10.4 Å². The number of nitrogens with one attached hydrogen (secondary N) is 1. The molecule has 5 heteroatoms. The van der Waals surface area contributed by atoms with Crippen molar-refractivity contribution in [2.75, 3.05) is 12.4 Å². The Hall–Kier alpha value is -1.88. The van der Waals surface area contributed by atoms with Crippen LogP contribution in [0.3, 0.4) is 0 Å². The average Bonchev–Trinajstić information content (AvgIpc) is 2.42. The monoisotopic (exact) mass is 306 g/mol. The molecule has 0 saturated heterocycles. The predicted molar refractivity (Wildman–Crippen MR) is 72.9 cm³/mol. The fourth-order valence-corrected chi connectivity index (χ4v) is 1.81. The van der Waals surface area contributed by atoms with E-state index in [9.17, 15) is 4.79 Å². The average molecular weight is 307 g/mol. The lowest BCUT2D eigenvalue weighted by Crippen LogP contribution is -2.12. The minimum atomic E-state index is -0.178. The third-order valence-electron chi connectivity index (χ3n) is 2.32. The molecule has 1 aromatic heterocycles. The standard InChI is InChI=1S/C13H11BrN2O2/c1-18-11-8-7-10(12(14)16-11)15-13(17)9-5-3-2-4-6-9/h2-8H,1H3,(H,15,17). The molecule has 0 bridgehead atoms. The summed E-state index contributed by atoms with van der Waals surface area (Å²) >= 11 is 3.28. The largest absolute Gasteiger partial charge is 0.481 e. The van der Waals surface area contributed by atoms with E-state index in [-0.39, 0.29) is 5.91 Å². The van der Waals surface area contributed by atoms with Gasteiger partial charge in [0.15, 0.2) is 0 Å². The summed E-state index contributed by atoms with van der Waals surface area (Å²) in [7, 11) is 1.54. The van der Waals surface area contributed by atoms with Crippen LogP contribution in [0.5, 0.6) is 5.88 Å². The van der Waals surface area contributed by atoms with Gasteiger partial charge in [-0.1, -0.05) is 18.2 Å². The molecule has 0 atom stereocenters. The Morgan fingerprint density at radius 2 is 1.94 bits per heavy atom. The van der Waals surface area contributed by atoms with Gasteiger partial charge in [0.25, 0.3) is 5.91 Å².